The Kier molecular flexibility index (Phi) is 3.45. The topological polar surface area (TPSA) is 41.0 Å². The fraction of sp³-hybridized carbons (Fsp3) is 0.692. The summed E-state index contributed by atoms with van der Waals surface area (Å²) in [7, 11) is 2.14. The highest BCUT2D eigenvalue weighted by Gasteiger charge is 2.22. The zero-order valence-corrected chi connectivity index (χ0v) is 11.2. The van der Waals surface area contributed by atoms with Crippen molar-refractivity contribution in [2.24, 2.45) is 0 Å². The van der Waals surface area contributed by atoms with Gasteiger partial charge < -0.3 is 10.2 Å². The highest BCUT2D eigenvalue weighted by Crippen LogP contribution is 2.21. The van der Waals surface area contributed by atoms with Gasteiger partial charge >= 0.3 is 0 Å². The number of likely N-dealkylation sites (N-methyl/N-ethyl adjacent to an activating group) is 1. The van der Waals surface area contributed by atoms with Crippen LogP contribution >= 0.6 is 0 Å². The Morgan fingerprint density at radius 3 is 2.82 bits per heavy atom. The van der Waals surface area contributed by atoms with E-state index in [4.69, 9.17) is 4.98 Å². The number of hydrogen-bond acceptors (Lipinski definition) is 4. The maximum absolute atomic E-state index is 4.70. The molecule has 1 atom stereocenters. The minimum Gasteiger partial charge on any atom is -0.305 e. The van der Waals surface area contributed by atoms with Crippen LogP contribution in [0.15, 0.2) is 12.3 Å². The zero-order chi connectivity index (χ0) is 12.5. The molecular formula is C13H22N4. The maximum atomic E-state index is 4.70. The van der Waals surface area contributed by atoms with Crippen molar-refractivity contribution >= 4 is 0 Å². The summed E-state index contributed by atoms with van der Waals surface area (Å²) in [6.45, 7) is 9.62. The van der Waals surface area contributed by atoms with Gasteiger partial charge in [0.15, 0.2) is 0 Å². The molecule has 0 saturated carbocycles. The van der Waals surface area contributed by atoms with Crippen molar-refractivity contribution in [1.82, 2.24) is 20.2 Å². The second kappa shape index (κ2) is 4.70. The first-order chi connectivity index (χ1) is 7.97. The predicted molar refractivity (Wildman–Crippen MR) is 69.0 cm³/mol. The molecule has 2 heterocycles. The minimum absolute atomic E-state index is 0.0816. The summed E-state index contributed by atoms with van der Waals surface area (Å²) in [6.07, 6.45) is 1.87. The monoisotopic (exact) mass is 234 g/mol. The van der Waals surface area contributed by atoms with Gasteiger partial charge in [-0.25, -0.2) is 9.97 Å². The van der Waals surface area contributed by atoms with Crippen molar-refractivity contribution in [1.29, 1.82) is 0 Å². The molecule has 1 aliphatic heterocycles. The Morgan fingerprint density at radius 1 is 1.41 bits per heavy atom. The lowest BCUT2D eigenvalue weighted by Gasteiger charge is -2.30. The van der Waals surface area contributed by atoms with Gasteiger partial charge in [-0.3, -0.25) is 0 Å². The number of nitrogens with one attached hydrogen (secondary N) is 1. The standard InChI is InChI=1S/C13H22N4/c1-13(2,3)11-5-6-15-12(16-11)10-9-17(4)8-7-14-10/h5-6,10,14H,7-9H2,1-4H3. The number of nitrogens with zero attached hydrogens (tertiary/aromatic N) is 3. The van der Waals surface area contributed by atoms with E-state index in [1.807, 2.05) is 12.3 Å². The molecule has 0 spiro atoms. The van der Waals surface area contributed by atoms with E-state index in [1.165, 1.54) is 0 Å². The second-order valence-electron chi connectivity index (χ2n) is 5.82. The summed E-state index contributed by atoms with van der Waals surface area (Å²) in [5.41, 5.74) is 1.19. The third-order valence-corrected chi connectivity index (χ3v) is 3.13. The molecule has 0 radical (unpaired) electrons. The van der Waals surface area contributed by atoms with Gasteiger partial charge in [-0.2, -0.15) is 0 Å². The first kappa shape index (κ1) is 12.5. The van der Waals surface area contributed by atoms with Crippen LogP contribution in [0, 0.1) is 0 Å². The van der Waals surface area contributed by atoms with E-state index in [9.17, 15) is 0 Å². The molecule has 0 aromatic carbocycles. The highest BCUT2D eigenvalue weighted by molar-refractivity contribution is 5.14. The Hall–Kier alpha value is -1.00. The molecular weight excluding hydrogens is 212 g/mol. The Balaban J connectivity index is 2.21. The van der Waals surface area contributed by atoms with Crippen LogP contribution < -0.4 is 5.32 Å². The van der Waals surface area contributed by atoms with E-state index in [2.05, 4.69) is 43.0 Å². The molecule has 1 unspecified atom stereocenters. The number of rotatable bonds is 1. The van der Waals surface area contributed by atoms with E-state index < -0.39 is 0 Å². The van der Waals surface area contributed by atoms with Crippen molar-refractivity contribution in [2.75, 3.05) is 26.7 Å². The Morgan fingerprint density at radius 2 is 2.18 bits per heavy atom. The Labute approximate surface area is 103 Å². The highest BCUT2D eigenvalue weighted by atomic mass is 15.2. The summed E-state index contributed by atoms with van der Waals surface area (Å²) in [4.78, 5) is 11.4. The predicted octanol–water partition coefficient (Wildman–Crippen LogP) is 1.35. The van der Waals surface area contributed by atoms with Gasteiger partial charge in [-0.15, -0.1) is 0 Å². The van der Waals surface area contributed by atoms with Crippen molar-refractivity contribution in [2.45, 2.75) is 32.2 Å². The van der Waals surface area contributed by atoms with E-state index in [0.29, 0.717) is 0 Å². The average molecular weight is 234 g/mol. The van der Waals surface area contributed by atoms with Crippen LogP contribution in [-0.2, 0) is 5.41 Å². The smallest absolute Gasteiger partial charge is 0.146 e. The van der Waals surface area contributed by atoms with Crippen molar-refractivity contribution < 1.29 is 0 Å². The van der Waals surface area contributed by atoms with Crippen LogP contribution in [0.3, 0.4) is 0 Å². The third kappa shape index (κ3) is 3.01. The first-order valence-corrected chi connectivity index (χ1v) is 6.22. The van der Waals surface area contributed by atoms with Gasteiger partial charge in [-0.1, -0.05) is 20.8 Å². The number of piperazine rings is 1. The first-order valence-electron chi connectivity index (χ1n) is 6.22. The van der Waals surface area contributed by atoms with Gasteiger partial charge in [0.05, 0.1) is 6.04 Å². The third-order valence-electron chi connectivity index (χ3n) is 3.13. The van der Waals surface area contributed by atoms with Crippen molar-refractivity contribution in [3.63, 3.8) is 0 Å². The molecule has 4 heteroatoms. The van der Waals surface area contributed by atoms with Gasteiger partial charge in [0.25, 0.3) is 0 Å². The van der Waals surface area contributed by atoms with E-state index in [0.717, 1.165) is 31.2 Å². The zero-order valence-electron chi connectivity index (χ0n) is 11.2. The molecule has 1 saturated heterocycles. The van der Waals surface area contributed by atoms with Gasteiger partial charge in [0, 0.05) is 36.9 Å². The molecule has 1 aliphatic rings. The summed E-state index contributed by atoms with van der Waals surface area (Å²) < 4.78 is 0. The van der Waals surface area contributed by atoms with Crippen LogP contribution in [0.4, 0.5) is 0 Å². The second-order valence-corrected chi connectivity index (χ2v) is 5.82. The molecule has 17 heavy (non-hydrogen) atoms. The molecule has 1 aromatic heterocycles. The molecule has 1 aromatic rings. The molecule has 0 bridgehead atoms. The molecule has 1 N–H and O–H groups in total. The molecule has 0 aliphatic carbocycles. The summed E-state index contributed by atoms with van der Waals surface area (Å²) in [5, 5.41) is 3.48. The molecule has 2 rings (SSSR count). The fourth-order valence-electron chi connectivity index (χ4n) is 2.03. The maximum Gasteiger partial charge on any atom is 0.146 e. The SMILES string of the molecule is CN1CCNC(c2nccc(C(C)(C)C)n2)C1. The van der Waals surface area contributed by atoms with Crippen LogP contribution in [0.2, 0.25) is 0 Å². The van der Waals surface area contributed by atoms with Crippen LogP contribution in [0.25, 0.3) is 0 Å². The van der Waals surface area contributed by atoms with Crippen LogP contribution in [-0.4, -0.2) is 41.5 Å². The number of hydrogen-bond donors (Lipinski definition) is 1. The molecule has 94 valence electrons. The Bertz CT molecular complexity index is 383. The van der Waals surface area contributed by atoms with Crippen molar-refractivity contribution in [3.05, 3.63) is 23.8 Å². The van der Waals surface area contributed by atoms with Gasteiger partial charge in [-0.05, 0) is 13.1 Å². The lowest BCUT2D eigenvalue weighted by molar-refractivity contribution is 0.235. The summed E-state index contributed by atoms with van der Waals surface area (Å²) >= 11 is 0. The minimum atomic E-state index is 0.0816. The largest absolute Gasteiger partial charge is 0.305 e. The summed E-state index contributed by atoms with van der Waals surface area (Å²) in [5.74, 6) is 0.920. The lowest BCUT2D eigenvalue weighted by atomic mass is 9.92. The average Bonchev–Trinajstić information content (AvgIpc) is 2.28. The fourth-order valence-corrected chi connectivity index (χ4v) is 2.03. The van der Waals surface area contributed by atoms with Gasteiger partial charge in [0.2, 0.25) is 0 Å². The van der Waals surface area contributed by atoms with Crippen molar-refractivity contribution in [3.8, 4) is 0 Å². The molecule has 4 nitrogen and oxygen atoms in total. The van der Waals surface area contributed by atoms with Crippen LogP contribution in [0.5, 0.6) is 0 Å². The normalized spacial score (nSPS) is 22.7. The summed E-state index contributed by atoms with van der Waals surface area (Å²) in [6, 6.07) is 2.27. The van der Waals surface area contributed by atoms with E-state index >= 15 is 0 Å². The van der Waals surface area contributed by atoms with Gasteiger partial charge in [0.1, 0.15) is 5.82 Å². The lowest BCUT2D eigenvalue weighted by Crippen LogP contribution is -2.44. The van der Waals surface area contributed by atoms with E-state index in [-0.39, 0.29) is 11.5 Å². The molecule has 1 fully saturated rings. The van der Waals surface area contributed by atoms with E-state index in [1.54, 1.807) is 0 Å². The quantitative estimate of drug-likeness (QED) is 0.796. The van der Waals surface area contributed by atoms with Crippen LogP contribution in [0.1, 0.15) is 38.3 Å². The number of aromatic nitrogens is 2. The molecule has 0 amide bonds.